The monoisotopic (exact) mass is 212 g/mol. The van der Waals surface area contributed by atoms with Gasteiger partial charge in [0.05, 0.1) is 0 Å². The Morgan fingerprint density at radius 1 is 0.933 bits per heavy atom. The molecule has 0 bridgehead atoms. The molecule has 84 valence electrons. The largest absolute Gasteiger partial charge is 0.207 e. The predicted octanol–water partition coefficient (Wildman–Crippen LogP) is 4.48. The van der Waals surface area contributed by atoms with E-state index in [9.17, 15) is 8.78 Å². The maximum Gasteiger partial charge on any atom is 0.129 e. The van der Waals surface area contributed by atoms with Crippen molar-refractivity contribution in [3.05, 3.63) is 35.4 Å². The molecule has 0 fully saturated rings. The van der Waals surface area contributed by atoms with Gasteiger partial charge in [0.2, 0.25) is 0 Å². The lowest BCUT2D eigenvalue weighted by Gasteiger charge is -2.04. The van der Waals surface area contributed by atoms with Crippen molar-refractivity contribution in [2.24, 2.45) is 0 Å². The maximum absolute atomic E-state index is 13.2. The van der Waals surface area contributed by atoms with Crippen molar-refractivity contribution in [1.82, 2.24) is 0 Å². The Kier molecular flexibility index (Phi) is 5.30. The smallest absolute Gasteiger partial charge is 0.129 e. The van der Waals surface area contributed by atoms with Crippen molar-refractivity contribution < 1.29 is 8.78 Å². The van der Waals surface area contributed by atoms with Crippen LogP contribution in [0.4, 0.5) is 8.78 Å². The fourth-order valence-corrected chi connectivity index (χ4v) is 1.68. The van der Waals surface area contributed by atoms with Crippen LogP contribution in [0.5, 0.6) is 0 Å². The van der Waals surface area contributed by atoms with Crippen molar-refractivity contribution >= 4 is 0 Å². The Morgan fingerprint density at radius 2 is 1.53 bits per heavy atom. The van der Waals surface area contributed by atoms with E-state index in [-0.39, 0.29) is 5.56 Å². The summed E-state index contributed by atoms with van der Waals surface area (Å²) in [6.07, 6.45) is 6.00. The van der Waals surface area contributed by atoms with Gasteiger partial charge in [-0.1, -0.05) is 38.7 Å². The lowest BCUT2D eigenvalue weighted by atomic mass is 10.0. The molecule has 0 amide bonds. The first-order chi connectivity index (χ1) is 7.25. The summed E-state index contributed by atoms with van der Waals surface area (Å²) in [7, 11) is 0. The first kappa shape index (κ1) is 12.2. The molecule has 0 aliphatic heterocycles. The van der Waals surface area contributed by atoms with Crippen LogP contribution in [0.3, 0.4) is 0 Å². The molecule has 1 aromatic carbocycles. The summed E-state index contributed by atoms with van der Waals surface area (Å²) in [4.78, 5) is 0. The topological polar surface area (TPSA) is 0 Å². The van der Waals surface area contributed by atoms with Gasteiger partial charge in [0, 0.05) is 5.56 Å². The SMILES string of the molecule is CCCCCCCc1c(F)cccc1F. The molecular formula is C13H18F2. The summed E-state index contributed by atoms with van der Waals surface area (Å²) in [6, 6.07) is 4.06. The standard InChI is InChI=1S/C13H18F2/c1-2-3-4-5-6-8-11-12(14)9-7-10-13(11)15/h7,9-10H,2-6,8H2,1H3. The number of unbranched alkanes of at least 4 members (excludes halogenated alkanes) is 4. The minimum Gasteiger partial charge on any atom is -0.207 e. The lowest BCUT2D eigenvalue weighted by Crippen LogP contribution is -1.95. The quantitative estimate of drug-likeness (QED) is 0.610. The molecule has 0 radical (unpaired) electrons. The fourth-order valence-electron chi connectivity index (χ4n) is 1.68. The normalized spacial score (nSPS) is 10.6. The number of rotatable bonds is 6. The highest BCUT2D eigenvalue weighted by Gasteiger charge is 2.06. The first-order valence-electron chi connectivity index (χ1n) is 5.68. The minimum atomic E-state index is -0.412. The van der Waals surface area contributed by atoms with Gasteiger partial charge in [-0.3, -0.25) is 0 Å². The average molecular weight is 212 g/mol. The van der Waals surface area contributed by atoms with Crippen LogP contribution in [-0.4, -0.2) is 0 Å². The van der Waals surface area contributed by atoms with E-state index in [1.165, 1.54) is 31.0 Å². The maximum atomic E-state index is 13.2. The molecule has 0 N–H and O–H groups in total. The Balaban J connectivity index is 2.37. The number of benzene rings is 1. The molecular weight excluding hydrogens is 194 g/mol. The summed E-state index contributed by atoms with van der Waals surface area (Å²) in [5.41, 5.74) is 0.244. The van der Waals surface area contributed by atoms with Gasteiger partial charge in [0.25, 0.3) is 0 Å². The van der Waals surface area contributed by atoms with Gasteiger partial charge in [-0.15, -0.1) is 0 Å². The summed E-state index contributed by atoms with van der Waals surface area (Å²) in [6.45, 7) is 2.15. The van der Waals surface area contributed by atoms with Gasteiger partial charge in [0.1, 0.15) is 11.6 Å². The third-order valence-corrected chi connectivity index (χ3v) is 2.59. The highest BCUT2D eigenvalue weighted by atomic mass is 19.1. The van der Waals surface area contributed by atoms with Gasteiger partial charge in [-0.05, 0) is 25.0 Å². The van der Waals surface area contributed by atoms with Gasteiger partial charge < -0.3 is 0 Å². The highest BCUT2D eigenvalue weighted by Crippen LogP contribution is 2.15. The molecule has 1 aromatic rings. The van der Waals surface area contributed by atoms with Crippen LogP contribution in [0.2, 0.25) is 0 Å². The zero-order chi connectivity index (χ0) is 11.1. The molecule has 0 aliphatic rings. The predicted molar refractivity (Wildman–Crippen MR) is 58.8 cm³/mol. The molecule has 0 atom stereocenters. The summed E-state index contributed by atoms with van der Waals surface area (Å²) < 4.78 is 26.4. The van der Waals surface area contributed by atoms with Crippen molar-refractivity contribution in [2.75, 3.05) is 0 Å². The van der Waals surface area contributed by atoms with Crippen molar-refractivity contribution in [2.45, 2.75) is 45.4 Å². The second-order valence-electron chi connectivity index (χ2n) is 3.86. The number of hydrogen-bond donors (Lipinski definition) is 0. The molecule has 0 aliphatic carbocycles. The Morgan fingerprint density at radius 3 is 2.13 bits per heavy atom. The minimum absolute atomic E-state index is 0.244. The van der Waals surface area contributed by atoms with E-state index in [4.69, 9.17) is 0 Å². The average Bonchev–Trinajstić information content (AvgIpc) is 2.21. The second-order valence-corrected chi connectivity index (χ2v) is 3.86. The molecule has 0 spiro atoms. The second kappa shape index (κ2) is 6.54. The van der Waals surface area contributed by atoms with Crippen LogP contribution < -0.4 is 0 Å². The van der Waals surface area contributed by atoms with Gasteiger partial charge in [-0.2, -0.15) is 0 Å². The highest BCUT2D eigenvalue weighted by molar-refractivity contribution is 5.19. The van der Waals surface area contributed by atoms with Crippen LogP contribution >= 0.6 is 0 Å². The Hall–Kier alpha value is -0.920. The van der Waals surface area contributed by atoms with E-state index in [1.54, 1.807) is 0 Å². The van der Waals surface area contributed by atoms with E-state index in [2.05, 4.69) is 6.92 Å². The third-order valence-electron chi connectivity index (χ3n) is 2.59. The summed E-state index contributed by atoms with van der Waals surface area (Å²) in [5.74, 6) is -0.823. The fraction of sp³-hybridized carbons (Fsp3) is 0.538. The van der Waals surface area contributed by atoms with Crippen molar-refractivity contribution in [3.63, 3.8) is 0 Å². The van der Waals surface area contributed by atoms with Crippen LogP contribution in [0.1, 0.15) is 44.6 Å². The Labute approximate surface area is 90.3 Å². The zero-order valence-corrected chi connectivity index (χ0v) is 9.23. The van der Waals surface area contributed by atoms with E-state index in [0.717, 1.165) is 19.3 Å². The third kappa shape index (κ3) is 3.98. The summed E-state index contributed by atoms with van der Waals surface area (Å²) in [5, 5.41) is 0. The Bertz CT molecular complexity index is 274. The van der Waals surface area contributed by atoms with Crippen molar-refractivity contribution in [3.8, 4) is 0 Å². The molecule has 0 aromatic heterocycles. The van der Waals surface area contributed by atoms with Gasteiger partial charge in [0.15, 0.2) is 0 Å². The van der Waals surface area contributed by atoms with E-state index < -0.39 is 11.6 Å². The lowest BCUT2D eigenvalue weighted by molar-refractivity contribution is 0.540. The number of halogens is 2. The molecule has 0 unspecified atom stereocenters. The van der Waals surface area contributed by atoms with Crippen LogP contribution in [0, 0.1) is 11.6 Å². The van der Waals surface area contributed by atoms with E-state index in [1.807, 2.05) is 0 Å². The van der Waals surface area contributed by atoms with E-state index in [0.29, 0.717) is 6.42 Å². The molecule has 1 rings (SSSR count). The molecule has 2 heteroatoms. The molecule has 0 saturated heterocycles. The molecule has 0 nitrogen and oxygen atoms in total. The molecule has 0 heterocycles. The first-order valence-corrected chi connectivity index (χ1v) is 5.68. The summed E-state index contributed by atoms with van der Waals surface area (Å²) >= 11 is 0. The number of hydrogen-bond acceptors (Lipinski definition) is 0. The van der Waals surface area contributed by atoms with Crippen molar-refractivity contribution in [1.29, 1.82) is 0 Å². The van der Waals surface area contributed by atoms with Crippen LogP contribution in [-0.2, 0) is 6.42 Å². The van der Waals surface area contributed by atoms with Crippen LogP contribution in [0.25, 0.3) is 0 Å². The zero-order valence-electron chi connectivity index (χ0n) is 9.23. The molecule has 15 heavy (non-hydrogen) atoms. The molecule has 0 saturated carbocycles. The van der Waals surface area contributed by atoms with Gasteiger partial charge in [-0.25, -0.2) is 8.78 Å². The van der Waals surface area contributed by atoms with Gasteiger partial charge >= 0.3 is 0 Å². The van der Waals surface area contributed by atoms with Crippen LogP contribution in [0.15, 0.2) is 18.2 Å². The van der Waals surface area contributed by atoms with E-state index >= 15 is 0 Å².